The number of nitriles is 1. The number of likely N-dealkylation sites (N-methyl/N-ethyl adjacent to an activating group) is 1. The predicted molar refractivity (Wildman–Crippen MR) is 56.0 cm³/mol. The Morgan fingerprint density at radius 1 is 1.43 bits per heavy atom. The number of fused-ring (bicyclic) bond motifs is 1. The van der Waals surface area contributed by atoms with Crippen molar-refractivity contribution in [2.24, 2.45) is 0 Å². The number of nitrogens with zero attached hydrogens (tertiary/aromatic N) is 1. The van der Waals surface area contributed by atoms with Crippen LogP contribution in [0.5, 0.6) is 0 Å². The van der Waals surface area contributed by atoms with E-state index < -0.39 is 0 Å². The molecule has 2 nitrogen and oxygen atoms in total. The molecule has 0 amide bonds. The SMILES string of the molecule is CNC1CCc2cc(C#N)ccc2C1. The third-order valence-electron chi connectivity index (χ3n) is 2.97. The van der Waals surface area contributed by atoms with Crippen LogP contribution in [0.1, 0.15) is 23.1 Å². The number of hydrogen-bond donors (Lipinski definition) is 1. The summed E-state index contributed by atoms with van der Waals surface area (Å²) in [7, 11) is 2.01. The van der Waals surface area contributed by atoms with Gasteiger partial charge in [-0.2, -0.15) is 5.26 Å². The quantitative estimate of drug-likeness (QED) is 0.723. The second-order valence-corrected chi connectivity index (χ2v) is 3.82. The van der Waals surface area contributed by atoms with Crippen LogP contribution in [0.15, 0.2) is 18.2 Å². The van der Waals surface area contributed by atoms with Crippen molar-refractivity contribution in [2.75, 3.05) is 7.05 Å². The first kappa shape index (κ1) is 9.23. The molecule has 1 aromatic carbocycles. The van der Waals surface area contributed by atoms with Crippen molar-refractivity contribution in [3.63, 3.8) is 0 Å². The number of aryl methyl sites for hydroxylation is 1. The third-order valence-corrected chi connectivity index (χ3v) is 2.97. The number of nitrogens with one attached hydrogen (secondary N) is 1. The molecule has 0 bridgehead atoms. The third kappa shape index (κ3) is 1.64. The Labute approximate surface area is 84.6 Å². The van der Waals surface area contributed by atoms with E-state index in [0.717, 1.165) is 18.4 Å². The summed E-state index contributed by atoms with van der Waals surface area (Å²) in [5, 5.41) is 12.1. The molecule has 0 spiro atoms. The summed E-state index contributed by atoms with van der Waals surface area (Å²) in [5.41, 5.74) is 3.54. The van der Waals surface area contributed by atoms with E-state index in [1.807, 2.05) is 19.2 Å². The van der Waals surface area contributed by atoms with Crippen LogP contribution in [0.2, 0.25) is 0 Å². The summed E-state index contributed by atoms with van der Waals surface area (Å²) in [6, 6.07) is 8.83. The highest BCUT2D eigenvalue weighted by molar-refractivity contribution is 5.39. The predicted octanol–water partition coefficient (Wildman–Crippen LogP) is 1.63. The van der Waals surface area contributed by atoms with E-state index in [9.17, 15) is 0 Å². The van der Waals surface area contributed by atoms with Gasteiger partial charge in [0.2, 0.25) is 0 Å². The largest absolute Gasteiger partial charge is 0.317 e. The highest BCUT2D eigenvalue weighted by atomic mass is 14.9. The monoisotopic (exact) mass is 186 g/mol. The van der Waals surface area contributed by atoms with Gasteiger partial charge in [-0.05, 0) is 49.6 Å². The molecule has 0 aromatic heterocycles. The van der Waals surface area contributed by atoms with E-state index in [1.165, 1.54) is 17.5 Å². The van der Waals surface area contributed by atoms with Gasteiger partial charge in [-0.15, -0.1) is 0 Å². The minimum atomic E-state index is 0.607. The van der Waals surface area contributed by atoms with E-state index in [4.69, 9.17) is 5.26 Å². The fraction of sp³-hybridized carbons (Fsp3) is 0.417. The Bertz CT molecular complexity index is 376. The molecule has 0 aliphatic heterocycles. The van der Waals surface area contributed by atoms with Crippen LogP contribution >= 0.6 is 0 Å². The molecule has 1 aliphatic rings. The maximum Gasteiger partial charge on any atom is 0.0991 e. The zero-order chi connectivity index (χ0) is 9.97. The minimum absolute atomic E-state index is 0.607. The average Bonchev–Trinajstić information content (AvgIpc) is 2.27. The maximum atomic E-state index is 8.77. The lowest BCUT2D eigenvalue weighted by molar-refractivity contribution is 0.496. The Hall–Kier alpha value is -1.33. The molecular weight excluding hydrogens is 172 g/mol. The van der Waals surface area contributed by atoms with Gasteiger partial charge < -0.3 is 5.32 Å². The Kier molecular flexibility index (Phi) is 2.51. The Morgan fingerprint density at radius 2 is 2.29 bits per heavy atom. The first-order valence-electron chi connectivity index (χ1n) is 5.02. The van der Waals surface area contributed by atoms with Gasteiger partial charge in [-0.1, -0.05) is 6.07 Å². The smallest absolute Gasteiger partial charge is 0.0991 e. The van der Waals surface area contributed by atoms with Crippen molar-refractivity contribution in [3.8, 4) is 6.07 Å². The van der Waals surface area contributed by atoms with Crippen LogP contribution in [0, 0.1) is 11.3 Å². The van der Waals surface area contributed by atoms with Gasteiger partial charge in [0, 0.05) is 6.04 Å². The van der Waals surface area contributed by atoms with Gasteiger partial charge in [0.05, 0.1) is 11.6 Å². The summed E-state index contributed by atoms with van der Waals surface area (Å²) < 4.78 is 0. The van der Waals surface area contributed by atoms with Crippen LogP contribution in [0.3, 0.4) is 0 Å². The molecule has 0 saturated heterocycles. The van der Waals surface area contributed by atoms with Gasteiger partial charge in [0.25, 0.3) is 0 Å². The van der Waals surface area contributed by atoms with Gasteiger partial charge in [0.15, 0.2) is 0 Å². The number of rotatable bonds is 1. The van der Waals surface area contributed by atoms with E-state index in [0.29, 0.717) is 6.04 Å². The molecule has 2 rings (SSSR count). The maximum absolute atomic E-state index is 8.77. The summed E-state index contributed by atoms with van der Waals surface area (Å²) in [4.78, 5) is 0. The highest BCUT2D eigenvalue weighted by Crippen LogP contribution is 2.22. The molecule has 0 radical (unpaired) electrons. The minimum Gasteiger partial charge on any atom is -0.317 e. The lowest BCUT2D eigenvalue weighted by Crippen LogP contribution is -2.31. The van der Waals surface area contributed by atoms with E-state index >= 15 is 0 Å². The second kappa shape index (κ2) is 3.81. The van der Waals surface area contributed by atoms with E-state index in [1.54, 1.807) is 0 Å². The van der Waals surface area contributed by atoms with E-state index in [-0.39, 0.29) is 0 Å². The molecule has 1 atom stereocenters. The molecule has 0 heterocycles. The van der Waals surface area contributed by atoms with Crippen LogP contribution in [0.4, 0.5) is 0 Å². The first-order valence-corrected chi connectivity index (χ1v) is 5.02. The lowest BCUT2D eigenvalue weighted by Gasteiger charge is -2.24. The summed E-state index contributed by atoms with van der Waals surface area (Å²) in [5.74, 6) is 0. The number of hydrogen-bond acceptors (Lipinski definition) is 2. The van der Waals surface area contributed by atoms with Crippen molar-refractivity contribution in [1.29, 1.82) is 5.26 Å². The van der Waals surface area contributed by atoms with Crippen LogP contribution in [0.25, 0.3) is 0 Å². The van der Waals surface area contributed by atoms with Gasteiger partial charge >= 0.3 is 0 Å². The topological polar surface area (TPSA) is 35.8 Å². The highest BCUT2D eigenvalue weighted by Gasteiger charge is 2.16. The zero-order valence-electron chi connectivity index (χ0n) is 8.38. The molecule has 0 saturated carbocycles. The van der Waals surface area contributed by atoms with Crippen LogP contribution in [-0.2, 0) is 12.8 Å². The first-order chi connectivity index (χ1) is 6.83. The molecule has 1 aromatic rings. The van der Waals surface area contributed by atoms with Crippen molar-refractivity contribution in [2.45, 2.75) is 25.3 Å². The standard InChI is InChI=1S/C12H14N2/c1-14-12-5-4-10-6-9(8-13)2-3-11(10)7-12/h2-3,6,12,14H,4-5,7H2,1H3. The van der Waals surface area contributed by atoms with Crippen molar-refractivity contribution in [1.82, 2.24) is 5.32 Å². The Morgan fingerprint density at radius 3 is 3.00 bits per heavy atom. The normalized spacial score (nSPS) is 19.9. The lowest BCUT2D eigenvalue weighted by atomic mass is 9.87. The molecule has 72 valence electrons. The van der Waals surface area contributed by atoms with Gasteiger partial charge in [-0.3, -0.25) is 0 Å². The van der Waals surface area contributed by atoms with Crippen molar-refractivity contribution in [3.05, 3.63) is 34.9 Å². The number of benzene rings is 1. The molecule has 14 heavy (non-hydrogen) atoms. The summed E-state index contributed by atoms with van der Waals surface area (Å²) >= 11 is 0. The second-order valence-electron chi connectivity index (χ2n) is 3.82. The summed E-state index contributed by atoms with van der Waals surface area (Å²) in [6.07, 6.45) is 3.37. The molecule has 1 aliphatic carbocycles. The molecular formula is C12H14N2. The molecule has 2 heteroatoms. The fourth-order valence-corrected chi connectivity index (χ4v) is 2.07. The Balaban J connectivity index is 2.29. The average molecular weight is 186 g/mol. The fourth-order valence-electron chi connectivity index (χ4n) is 2.07. The van der Waals surface area contributed by atoms with E-state index in [2.05, 4.69) is 17.5 Å². The zero-order valence-corrected chi connectivity index (χ0v) is 8.38. The van der Waals surface area contributed by atoms with Gasteiger partial charge in [0.1, 0.15) is 0 Å². The summed E-state index contributed by atoms with van der Waals surface area (Å²) in [6.45, 7) is 0. The molecule has 1 unspecified atom stereocenters. The van der Waals surface area contributed by atoms with Crippen LogP contribution < -0.4 is 5.32 Å². The molecule has 1 N–H and O–H groups in total. The van der Waals surface area contributed by atoms with Gasteiger partial charge in [-0.25, -0.2) is 0 Å². The van der Waals surface area contributed by atoms with Crippen LogP contribution in [-0.4, -0.2) is 13.1 Å². The van der Waals surface area contributed by atoms with Crippen molar-refractivity contribution >= 4 is 0 Å². The van der Waals surface area contributed by atoms with Crippen molar-refractivity contribution < 1.29 is 0 Å². The molecule has 0 fully saturated rings.